The Labute approximate surface area is 581 Å². The molecule has 17 nitrogen and oxygen atoms in total. The first kappa shape index (κ1) is 67.3. The molecule has 0 saturated carbocycles. The number of rotatable bonds is 20. The molecular formula is C79H65N5O12S3. The van der Waals surface area contributed by atoms with Crippen LogP contribution in [0.1, 0.15) is 65.4 Å². The number of carboxylic acid groups (broad SMARTS) is 3. The summed E-state index contributed by atoms with van der Waals surface area (Å²) in [5, 5.41) is 71.6. The second-order valence-electron chi connectivity index (χ2n) is 23.4. The van der Waals surface area contributed by atoms with Gasteiger partial charge in [0.25, 0.3) is 0 Å². The van der Waals surface area contributed by atoms with Gasteiger partial charge in [-0.3, -0.25) is 4.90 Å². The molecule has 1 aliphatic rings. The highest BCUT2D eigenvalue weighted by Crippen LogP contribution is 2.51. The number of carboxylic acids is 3. The number of fused-ring (bicyclic) bond motifs is 3. The molecule has 0 aliphatic carbocycles. The fraction of sp³-hybridized carbons (Fsp3) is 0.114. The van der Waals surface area contributed by atoms with Crippen LogP contribution in [-0.2, 0) is 34.4 Å². The van der Waals surface area contributed by atoms with E-state index in [-0.39, 0.29) is 17.2 Å². The summed E-state index contributed by atoms with van der Waals surface area (Å²) in [5.74, 6) is 2.81. The van der Waals surface area contributed by atoms with E-state index in [4.69, 9.17) is 29.5 Å². The van der Waals surface area contributed by atoms with E-state index in [2.05, 4.69) is 76.6 Å². The van der Waals surface area contributed by atoms with Gasteiger partial charge in [-0.2, -0.15) is 4.80 Å². The van der Waals surface area contributed by atoms with E-state index in [0.29, 0.717) is 41.2 Å². The maximum absolute atomic E-state index is 10.8. The molecule has 4 aromatic heterocycles. The highest BCUT2D eigenvalue weighted by atomic mass is 32.1. The van der Waals surface area contributed by atoms with Gasteiger partial charge in [-0.05, 0) is 196 Å². The van der Waals surface area contributed by atoms with Crippen molar-refractivity contribution in [3.8, 4) is 83.1 Å². The standard InChI is InChI=1S/C27H23NO4S.C26H20N4O4S.C26H22O4S/c29-20-9-12-23-24(16-20)33-27(22-5-2-1-4-19(22)17-28-14-3-15-28)26(23)32-21-10-6-18(7-11-21)8-13-25(30)31;1-30-28-23(27-29-30)14-17-4-2-3-5-20(17)26-25(21-12-9-18(31)15-22(21)35-26)34-19-10-6-16(7-11-19)8-13-24(32)33;1-16(2)18-4-3-5-19(14-18)26-25(22-12-9-20(27)15-23(22)31-26)30-21-10-6-17(7-11-21)8-13-24(28)29/h1-2,4-13,16,29H,3,14-15,17H2,(H,30,31);2-13,15,31H,14H2,1H3,(H,32,33);3-16,27H,1-2H3,(H,28,29)/b3*13-8+. The molecule has 5 heterocycles. The average molecular weight is 1370 g/mol. The average Bonchev–Trinajstić information content (AvgIpc) is 1.65. The molecular weight excluding hydrogens is 1310 g/mol. The van der Waals surface area contributed by atoms with E-state index in [1.54, 1.807) is 96.5 Å². The maximum atomic E-state index is 10.8. The van der Waals surface area contributed by atoms with E-state index in [1.807, 2.05) is 97.1 Å². The lowest BCUT2D eigenvalue weighted by Crippen LogP contribution is -2.36. The lowest BCUT2D eigenvalue weighted by Gasteiger charge is -2.31. The number of ether oxygens (including phenoxy) is 3. The minimum absolute atomic E-state index is 0.184. The van der Waals surface area contributed by atoms with E-state index < -0.39 is 17.9 Å². The Morgan fingerprint density at radius 3 is 1.31 bits per heavy atom. The largest absolute Gasteiger partial charge is 0.508 e. The van der Waals surface area contributed by atoms with Crippen LogP contribution in [0.25, 0.3) is 79.8 Å². The van der Waals surface area contributed by atoms with Crippen molar-refractivity contribution in [3.05, 3.63) is 258 Å². The van der Waals surface area contributed by atoms with Crippen LogP contribution >= 0.6 is 34.0 Å². The van der Waals surface area contributed by atoms with Crippen molar-refractivity contribution in [1.82, 2.24) is 25.1 Å². The quantitative estimate of drug-likeness (QED) is 0.0388. The first-order valence-corrected chi connectivity index (χ1v) is 33.9. The Morgan fingerprint density at radius 1 is 0.495 bits per heavy atom. The van der Waals surface area contributed by atoms with Crippen molar-refractivity contribution in [2.45, 2.75) is 39.2 Å². The molecule has 1 saturated heterocycles. The number of aliphatic carboxylic acids is 3. The van der Waals surface area contributed by atoms with Gasteiger partial charge >= 0.3 is 17.9 Å². The molecule has 0 spiro atoms. The molecule has 496 valence electrons. The van der Waals surface area contributed by atoms with Gasteiger partial charge < -0.3 is 44.8 Å². The van der Waals surface area contributed by atoms with Crippen LogP contribution in [0, 0.1) is 0 Å². The number of tetrazole rings is 1. The van der Waals surface area contributed by atoms with Crippen molar-refractivity contribution >= 4 is 100 Å². The molecule has 0 unspecified atom stereocenters. The molecule has 0 atom stereocenters. The highest BCUT2D eigenvalue weighted by molar-refractivity contribution is 7.23. The SMILES string of the molecule is CC(C)c1cccc(-c2sc3cc(O)ccc3c2Oc2ccc(/C=C/C(=O)O)cc2)c1.Cn1nnc(Cc2ccccc2-c2sc3cc(O)ccc3c2Oc2ccc(/C=C/C(=O)O)cc2)n1.O=C(O)/C=C/c1ccc(Oc2c(-c3ccccc3CN3CCC3)sc3cc(O)ccc23)cc1. The van der Waals surface area contributed by atoms with Crippen LogP contribution in [-0.4, -0.2) is 86.7 Å². The Morgan fingerprint density at radius 2 is 0.909 bits per heavy atom. The summed E-state index contributed by atoms with van der Waals surface area (Å²) in [6.45, 7) is 7.49. The van der Waals surface area contributed by atoms with E-state index in [1.165, 1.54) is 45.8 Å². The first-order chi connectivity index (χ1) is 47.9. The minimum Gasteiger partial charge on any atom is -0.508 e. The molecule has 0 bridgehead atoms. The normalized spacial score (nSPS) is 12.2. The first-order valence-electron chi connectivity index (χ1n) is 31.5. The number of aromatic nitrogens is 4. The summed E-state index contributed by atoms with van der Waals surface area (Å²) in [7, 11) is 1.73. The summed E-state index contributed by atoms with van der Waals surface area (Å²) in [5.41, 5.74) is 9.04. The zero-order chi connectivity index (χ0) is 69.1. The molecule has 14 rings (SSSR count). The van der Waals surface area contributed by atoms with Gasteiger partial charge in [-0.1, -0.05) is 117 Å². The maximum Gasteiger partial charge on any atom is 0.328 e. The zero-order valence-electron chi connectivity index (χ0n) is 53.7. The second kappa shape index (κ2) is 30.6. The van der Waals surface area contributed by atoms with Gasteiger partial charge in [0, 0.05) is 61.5 Å². The van der Waals surface area contributed by atoms with Crippen molar-refractivity contribution in [2.75, 3.05) is 13.1 Å². The molecule has 20 heteroatoms. The molecule has 9 aromatic carbocycles. The molecule has 6 N–H and O–H groups in total. The van der Waals surface area contributed by atoms with Crippen LogP contribution in [0.4, 0.5) is 0 Å². The topological polar surface area (TPSA) is 247 Å². The predicted molar refractivity (Wildman–Crippen MR) is 392 cm³/mol. The van der Waals surface area contributed by atoms with Crippen LogP contribution in [0.5, 0.6) is 51.7 Å². The van der Waals surface area contributed by atoms with Crippen LogP contribution < -0.4 is 14.2 Å². The molecule has 99 heavy (non-hydrogen) atoms. The molecule has 0 radical (unpaired) electrons. The molecule has 0 amide bonds. The van der Waals surface area contributed by atoms with Crippen LogP contribution in [0.2, 0.25) is 0 Å². The zero-order valence-corrected chi connectivity index (χ0v) is 56.2. The molecule has 13 aromatic rings. The lowest BCUT2D eigenvalue weighted by atomic mass is 10.00. The van der Waals surface area contributed by atoms with Crippen molar-refractivity contribution in [3.63, 3.8) is 0 Å². The number of carbonyl (C=O) groups is 3. The number of likely N-dealkylation sites (tertiary alicyclic amines) is 1. The second-order valence-corrected chi connectivity index (χ2v) is 26.6. The van der Waals surface area contributed by atoms with Gasteiger partial charge in [0.2, 0.25) is 0 Å². The van der Waals surface area contributed by atoms with Gasteiger partial charge in [0.1, 0.15) is 34.5 Å². The minimum atomic E-state index is -1.00. The monoisotopic (exact) mass is 1370 g/mol. The number of phenolic OH excluding ortho intramolecular Hbond substituents is 3. The predicted octanol–water partition coefficient (Wildman–Crippen LogP) is 18.9. The number of hydrogen-bond donors (Lipinski definition) is 6. The fourth-order valence-electron chi connectivity index (χ4n) is 11.0. The molecule has 1 aliphatic heterocycles. The van der Waals surface area contributed by atoms with E-state index >= 15 is 0 Å². The van der Waals surface area contributed by atoms with Crippen molar-refractivity contribution in [1.29, 1.82) is 0 Å². The summed E-state index contributed by atoms with van der Waals surface area (Å²) in [4.78, 5) is 39.1. The number of thiophene rings is 3. The number of nitrogens with zero attached hydrogens (tertiary/aromatic N) is 5. The van der Waals surface area contributed by atoms with E-state index in [9.17, 15) is 29.7 Å². The highest BCUT2D eigenvalue weighted by Gasteiger charge is 2.24. The Kier molecular flexibility index (Phi) is 20.8. The van der Waals surface area contributed by atoms with Crippen LogP contribution in [0.3, 0.4) is 0 Å². The summed E-state index contributed by atoms with van der Waals surface area (Å²) < 4.78 is 21.9. The van der Waals surface area contributed by atoms with Crippen LogP contribution in [0.15, 0.2) is 218 Å². The number of hydrogen-bond acceptors (Lipinski definition) is 16. The fourth-order valence-corrected chi connectivity index (χ4v) is 14.6. The molecule has 1 fully saturated rings. The number of aromatic hydroxyl groups is 3. The summed E-state index contributed by atoms with van der Waals surface area (Å²) >= 11 is 4.73. The van der Waals surface area contributed by atoms with Gasteiger partial charge in [0.05, 0.1) is 21.7 Å². The van der Waals surface area contributed by atoms with Gasteiger partial charge in [-0.25, -0.2) is 14.4 Å². The van der Waals surface area contributed by atoms with Gasteiger partial charge in [-0.15, -0.1) is 44.2 Å². The van der Waals surface area contributed by atoms with Crippen molar-refractivity contribution < 1.29 is 59.2 Å². The third-order valence-corrected chi connectivity index (χ3v) is 19.5. The smallest absolute Gasteiger partial charge is 0.328 e. The number of benzene rings is 9. The third kappa shape index (κ3) is 16.8. The Bertz CT molecular complexity index is 5180. The summed E-state index contributed by atoms with van der Waals surface area (Å²) in [6.07, 6.45) is 9.68. The Hall–Kier alpha value is -11.7. The van der Waals surface area contributed by atoms with Gasteiger partial charge in [0.15, 0.2) is 23.1 Å². The van der Waals surface area contributed by atoms with Crippen molar-refractivity contribution in [2.24, 2.45) is 7.05 Å². The number of aryl methyl sites for hydroxylation is 1. The summed E-state index contributed by atoms with van der Waals surface area (Å²) in [6, 6.07) is 62.5. The lowest BCUT2D eigenvalue weighted by molar-refractivity contribution is -0.132. The Balaban J connectivity index is 0.000000141. The van der Waals surface area contributed by atoms with E-state index in [0.717, 1.165) is 133 Å². The third-order valence-electron chi connectivity index (χ3n) is 16.0. The number of phenols is 3.